The first-order valence-electron chi connectivity index (χ1n) is 11.4. The highest BCUT2D eigenvalue weighted by molar-refractivity contribution is 7.75. The van der Waals surface area contributed by atoms with E-state index in [-0.39, 0.29) is 22.6 Å². The van der Waals surface area contributed by atoms with Crippen molar-refractivity contribution in [1.82, 2.24) is 9.78 Å². The first-order valence-corrected chi connectivity index (χ1v) is 12.8. The number of fused-ring (bicyclic) bond motifs is 1. The summed E-state index contributed by atoms with van der Waals surface area (Å²) >= 11 is 3.71. The van der Waals surface area contributed by atoms with E-state index in [1.165, 1.54) is 22.0 Å². The Hall–Kier alpha value is -2.64. The van der Waals surface area contributed by atoms with Crippen molar-refractivity contribution in [2.45, 2.75) is 65.8 Å². The van der Waals surface area contributed by atoms with E-state index < -0.39 is 11.4 Å². The summed E-state index contributed by atoms with van der Waals surface area (Å²) in [6.45, 7) is 10.9. The van der Waals surface area contributed by atoms with Gasteiger partial charge in [0.2, 0.25) is 5.88 Å². The van der Waals surface area contributed by atoms with E-state index >= 15 is 0 Å². The summed E-state index contributed by atoms with van der Waals surface area (Å²) < 4.78 is 25.1. The predicted molar refractivity (Wildman–Crippen MR) is 134 cm³/mol. The minimum atomic E-state index is -2.18. The molecule has 0 fully saturated rings. The first kappa shape index (κ1) is 24.5. The Labute approximate surface area is 208 Å². The Balaban J connectivity index is 1.69. The van der Waals surface area contributed by atoms with Gasteiger partial charge in [0.25, 0.3) is 0 Å². The SMILES string of the molecule is CCn1ncc(C(=O)c2cc(C)c3c(c2C)C(C)(C)CCC3)c1OS(=O)Oc1ccc(Cl)cc1. The fourth-order valence-electron chi connectivity index (χ4n) is 4.91. The number of aryl methyl sites for hydroxylation is 2. The third-order valence-corrected chi connectivity index (χ3v) is 7.40. The minimum Gasteiger partial charge on any atom is -0.371 e. The van der Waals surface area contributed by atoms with Gasteiger partial charge in [-0.15, -0.1) is 0 Å². The van der Waals surface area contributed by atoms with Crippen molar-refractivity contribution in [3.05, 3.63) is 74.9 Å². The quantitative estimate of drug-likeness (QED) is 0.369. The Morgan fingerprint density at radius 2 is 1.88 bits per heavy atom. The molecule has 2 aromatic carbocycles. The Bertz CT molecular complexity index is 1260. The molecule has 4 rings (SSSR count). The molecule has 34 heavy (non-hydrogen) atoms. The largest absolute Gasteiger partial charge is 0.419 e. The monoisotopic (exact) mass is 500 g/mol. The van der Waals surface area contributed by atoms with E-state index in [0.29, 0.717) is 22.9 Å². The lowest BCUT2D eigenvalue weighted by Crippen LogP contribution is -2.27. The number of carbonyl (C=O) groups is 1. The number of halogens is 1. The Morgan fingerprint density at radius 3 is 2.56 bits per heavy atom. The third kappa shape index (κ3) is 4.64. The number of hydrogen-bond acceptors (Lipinski definition) is 5. The zero-order valence-electron chi connectivity index (χ0n) is 20.1. The second-order valence-electron chi connectivity index (χ2n) is 9.29. The smallest absolute Gasteiger partial charge is 0.371 e. The molecule has 0 bridgehead atoms. The molecule has 0 N–H and O–H groups in total. The van der Waals surface area contributed by atoms with Crippen molar-refractivity contribution < 1.29 is 17.4 Å². The van der Waals surface area contributed by atoms with Gasteiger partial charge in [0.1, 0.15) is 11.3 Å². The number of rotatable bonds is 7. The molecule has 3 aromatic rings. The molecule has 0 radical (unpaired) electrons. The number of carbonyl (C=O) groups excluding carboxylic acids is 1. The molecule has 6 nitrogen and oxygen atoms in total. The molecule has 1 atom stereocenters. The summed E-state index contributed by atoms with van der Waals surface area (Å²) in [7, 11) is 0. The van der Waals surface area contributed by atoms with Gasteiger partial charge < -0.3 is 8.37 Å². The number of hydrogen-bond donors (Lipinski definition) is 0. The maximum absolute atomic E-state index is 13.8. The van der Waals surface area contributed by atoms with Gasteiger partial charge in [0, 0.05) is 17.1 Å². The van der Waals surface area contributed by atoms with Crippen molar-refractivity contribution in [2.75, 3.05) is 0 Å². The molecule has 0 saturated heterocycles. The fraction of sp³-hybridized carbons (Fsp3) is 0.385. The van der Waals surface area contributed by atoms with Gasteiger partial charge >= 0.3 is 11.4 Å². The molecule has 0 aliphatic heterocycles. The average molecular weight is 501 g/mol. The van der Waals surface area contributed by atoms with Gasteiger partial charge in [0.15, 0.2) is 5.78 Å². The zero-order valence-corrected chi connectivity index (χ0v) is 21.7. The summed E-state index contributed by atoms with van der Waals surface area (Å²) in [5, 5.41) is 4.82. The fourth-order valence-corrected chi connectivity index (χ4v) is 5.65. The van der Waals surface area contributed by atoms with E-state index in [0.717, 1.165) is 30.4 Å². The van der Waals surface area contributed by atoms with Crippen LogP contribution in [0.25, 0.3) is 0 Å². The molecule has 0 spiro atoms. The normalized spacial score (nSPS) is 15.5. The molecule has 180 valence electrons. The van der Waals surface area contributed by atoms with E-state index in [4.69, 9.17) is 20.0 Å². The van der Waals surface area contributed by atoms with Crippen LogP contribution < -0.4 is 8.37 Å². The summed E-state index contributed by atoms with van der Waals surface area (Å²) in [6.07, 6.45) is 4.73. The summed E-state index contributed by atoms with van der Waals surface area (Å²) in [5.74, 6) is 0.248. The van der Waals surface area contributed by atoms with Crippen molar-refractivity contribution in [2.24, 2.45) is 0 Å². The van der Waals surface area contributed by atoms with Crippen LogP contribution in [0.15, 0.2) is 36.5 Å². The predicted octanol–water partition coefficient (Wildman–Crippen LogP) is 6.05. The average Bonchev–Trinajstić information content (AvgIpc) is 3.19. The molecule has 1 aromatic heterocycles. The highest BCUT2D eigenvalue weighted by Crippen LogP contribution is 2.42. The van der Waals surface area contributed by atoms with E-state index in [1.54, 1.807) is 24.3 Å². The van der Waals surface area contributed by atoms with Crippen LogP contribution in [0.5, 0.6) is 11.6 Å². The highest BCUT2D eigenvalue weighted by Gasteiger charge is 2.33. The van der Waals surface area contributed by atoms with Gasteiger partial charge in [0.05, 0.1) is 6.20 Å². The lowest BCUT2D eigenvalue weighted by Gasteiger charge is -2.36. The van der Waals surface area contributed by atoms with Crippen LogP contribution >= 0.6 is 11.6 Å². The second-order valence-corrected chi connectivity index (χ2v) is 10.5. The molecule has 1 unspecified atom stereocenters. The van der Waals surface area contributed by atoms with E-state index in [9.17, 15) is 9.00 Å². The van der Waals surface area contributed by atoms with Crippen LogP contribution in [0.4, 0.5) is 0 Å². The highest BCUT2D eigenvalue weighted by atomic mass is 35.5. The van der Waals surface area contributed by atoms with Crippen molar-refractivity contribution in [3.63, 3.8) is 0 Å². The zero-order chi connectivity index (χ0) is 24.6. The van der Waals surface area contributed by atoms with Crippen LogP contribution in [-0.4, -0.2) is 19.8 Å². The van der Waals surface area contributed by atoms with Crippen LogP contribution in [-0.2, 0) is 29.7 Å². The summed E-state index contributed by atoms with van der Waals surface area (Å²) in [4.78, 5) is 13.8. The number of nitrogens with zero attached hydrogens (tertiary/aromatic N) is 2. The van der Waals surface area contributed by atoms with Crippen LogP contribution in [0.2, 0.25) is 5.02 Å². The molecule has 8 heteroatoms. The molecule has 1 aliphatic carbocycles. The molecular weight excluding hydrogens is 472 g/mol. The molecule has 1 aliphatic rings. The number of aromatic nitrogens is 2. The maximum Gasteiger partial charge on any atom is 0.419 e. The molecular formula is C26H29ClN2O4S. The topological polar surface area (TPSA) is 70.4 Å². The van der Waals surface area contributed by atoms with Gasteiger partial charge in [-0.2, -0.15) is 9.31 Å². The van der Waals surface area contributed by atoms with Gasteiger partial charge in [-0.3, -0.25) is 4.79 Å². The van der Waals surface area contributed by atoms with Crippen molar-refractivity contribution in [3.8, 4) is 11.6 Å². The standard InChI is InChI=1S/C26H29ClN2O4S/c1-6-29-25(33-34(31)32-19-11-9-18(27)10-12-19)22(15-28-29)24(30)21-14-16(2)20-8-7-13-26(4,5)23(20)17(21)3/h9-12,14-15H,6-8,13H2,1-5H3. The maximum atomic E-state index is 13.8. The Morgan fingerprint density at radius 1 is 1.18 bits per heavy atom. The number of ketones is 1. The van der Waals surface area contributed by atoms with Gasteiger partial charge in [-0.25, -0.2) is 4.68 Å². The second kappa shape index (κ2) is 9.55. The lowest BCUT2D eigenvalue weighted by atomic mass is 9.68. The third-order valence-electron chi connectivity index (χ3n) is 6.53. The van der Waals surface area contributed by atoms with Crippen LogP contribution in [0.1, 0.15) is 71.8 Å². The van der Waals surface area contributed by atoms with Crippen molar-refractivity contribution in [1.29, 1.82) is 0 Å². The van der Waals surface area contributed by atoms with Crippen molar-refractivity contribution >= 4 is 28.7 Å². The number of benzene rings is 2. The van der Waals surface area contributed by atoms with Gasteiger partial charge in [-0.1, -0.05) is 25.4 Å². The van der Waals surface area contributed by atoms with E-state index in [1.807, 2.05) is 19.9 Å². The molecule has 1 heterocycles. The lowest BCUT2D eigenvalue weighted by molar-refractivity contribution is 0.103. The minimum absolute atomic E-state index is 0.000433. The van der Waals surface area contributed by atoms with Crippen LogP contribution in [0.3, 0.4) is 0 Å². The Kier molecular flexibility index (Phi) is 6.87. The first-order chi connectivity index (χ1) is 16.1. The molecule has 0 amide bonds. The summed E-state index contributed by atoms with van der Waals surface area (Å²) in [5.41, 5.74) is 5.60. The van der Waals surface area contributed by atoms with E-state index in [2.05, 4.69) is 25.9 Å². The van der Waals surface area contributed by atoms with Gasteiger partial charge in [-0.05, 0) is 98.0 Å². The summed E-state index contributed by atoms with van der Waals surface area (Å²) in [6, 6.07) is 8.40. The van der Waals surface area contributed by atoms with Crippen LogP contribution in [0, 0.1) is 13.8 Å². The molecule has 0 saturated carbocycles.